The van der Waals surface area contributed by atoms with Gasteiger partial charge in [0.1, 0.15) is 5.75 Å². The molecule has 2 amide bonds. The van der Waals surface area contributed by atoms with Crippen molar-refractivity contribution >= 4 is 29.2 Å². The van der Waals surface area contributed by atoms with E-state index in [0.717, 1.165) is 4.90 Å². The van der Waals surface area contributed by atoms with Crippen molar-refractivity contribution in [2.75, 3.05) is 11.5 Å². The SMILES string of the molecule is O=C(COc1ccccc1[N+](=O)[O-])Oc1cccc(N2C(=O)c3ccccc3C2=O)c1. The Bertz CT molecular complexity index is 1190. The van der Waals surface area contributed by atoms with Gasteiger partial charge in [0.25, 0.3) is 11.8 Å². The molecule has 31 heavy (non-hydrogen) atoms. The van der Waals surface area contributed by atoms with Gasteiger partial charge in [0.05, 0.1) is 21.7 Å². The second kappa shape index (κ2) is 8.07. The molecule has 0 aliphatic carbocycles. The zero-order chi connectivity index (χ0) is 22.0. The van der Waals surface area contributed by atoms with Gasteiger partial charge in [-0.15, -0.1) is 0 Å². The summed E-state index contributed by atoms with van der Waals surface area (Å²) in [5.74, 6) is -1.72. The molecule has 0 unspecified atom stereocenters. The van der Waals surface area contributed by atoms with Crippen LogP contribution in [0.25, 0.3) is 0 Å². The van der Waals surface area contributed by atoms with Crippen LogP contribution in [0.1, 0.15) is 20.7 Å². The summed E-state index contributed by atoms with van der Waals surface area (Å²) >= 11 is 0. The van der Waals surface area contributed by atoms with E-state index in [9.17, 15) is 24.5 Å². The molecule has 3 aromatic carbocycles. The molecule has 1 aliphatic heterocycles. The molecule has 9 nitrogen and oxygen atoms in total. The Hall–Kier alpha value is -4.53. The Balaban J connectivity index is 1.46. The van der Waals surface area contributed by atoms with Crippen LogP contribution < -0.4 is 14.4 Å². The molecular weight excluding hydrogens is 404 g/mol. The van der Waals surface area contributed by atoms with Gasteiger partial charge in [0.15, 0.2) is 12.4 Å². The number of imide groups is 1. The van der Waals surface area contributed by atoms with Crippen LogP contribution in [0.4, 0.5) is 11.4 Å². The number of nitrogens with zero attached hydrogens (tertiary/aromatic N) is 2. The van der Waals surface area contributed by atoms with Crippen molar-refractivity contribution in [2.24, 2.45) is 0 Å². The summed E-state index contributed by atoms with van der Waals surface area (Å²) in [7, 11) is 0. The maximum atomic E-state index is 12.6. The summed E-state index contributed by atoms with van der Waals surface area (Å²) in [6, 6.07) is 18.1. The van der Waals surface area contributed by atoms with Gasteiger partial charge < -0.3 is 9.47 Å². The first-order chi connectivity index (χ1) is 15.0. The van der Waals surface area contributed by atoms with Crippen molar-refractivity contribution in [2.45, 2.75) is 0 Å². The number of rotatable bonds is 6. The standard InChI is InChI=1S/C22H14N2O7/c25-20(13-30-19-11-4-3-10-18(19)24(28)29)31-15-7-5-6-14(12-15)23-21(26)16-8-1-2-9-17(16)22(23)27/h1-12H,13H2. The monoisotopic (exact) mass is 418 g/mol. The lowest BCUT2D eigenvalue weighted by Crippen LogP contribution is -2.29. The van der Waals surface area contributed by atoms with Crippen LogP contribution in [-0.2, 0) is 4.79 Å². The van der Waals surface area contributed by atoms with E-state index in [0.29, 0.717) is 11.1 Å². The van der Waals surface area contributed by atoms with E-state index in [4.69, 9.17) is 9.47 Å². The number of ether oxygens (including phenoxy) is 2. The Morgan fingerprint density at radius 3 is 2.23 bits per heavy atom. The Labute approximate surface area is 175 Å². The molecule has 0 spiro atoms. The largest absolute Gasteiger partial charge is 0.475 e. The van der Waals surface area contributed by atoms with Gasteiger partial charge in [-0.25, -0.2) is 9.69 Å². The van der Waals surface area contributed by atoms with Gasteiger partial charge in [-0.3, -0.25) is 19.7 Å². The summed E-state index contributed by atoms with van der Waals surface area (Å²) in [6.45, 7) is -0.567. The molecule has 3 aromatic rings. The van der Waals surface area contributed by atoms with Crippen molar-refractivity contribution in [3.63, 3.8) is 0 Å². The fourth-order valence-corrected chi connectivity index (χ4v) is 3.14. The first kappa shape index (κ1) is 19.8. The minimum atomic E-state index is -0.808. The molecule has 0 saturated carbocycles. The van der Waals surface area contributed by atoms with Crippen molar-refractivity contribution in [3.05, 3.63) is 94.0 Å². The molecule has 9 heteroatoms. The van der Waals surface area contributed by atoms with Crippen LogP contribution in [0, 0.1) is 10.1 Å². The minimum absolute atomic E-state index is 0.0655. The lowest BCUT2D eigenvalue weighted by molar-refractivity contribution is -0.385. The number of carbonyl (C=O) groups is 3. The van der Waals surface area contributed by atoms with Crippen LogP contribution in [0.3, 0.4) is 0 Å². The number of amides is 2. The molecule has 0 bridgehead atoms. The third-order valence-electron chi connectivity index (χ3n) is 4.51. The number of esters is 1. The molecule has 4 rings (SSSR count). The van der Waals surface area contributed by atoms with Crippen molar-refractivity contribution < 1.29 is 28.8 Å². The van der Waals surface area contributed by atoms with E-state index in [1.165, 1.54) is 36.4 Å². The van der Waals surface area contributed by atoms with Crippen LogP contribution in [0.2, 0.25) is 0 Å². The number of benzene rings is 3. The third-order valence-corrected chi connectivity index (χ3v) is 4.51. The van der Waals surface area contributed by atoms with Crippen LogP contribution in [0.5, 0.6) is 11.5 Å². The molecular formula is C22H14N2O7. The Morgan fingerprint density at radius 1 is 0.903 bits per heavy atom. The molecule has 154 valence electrons. The number of hydrogen-bond acceptors (Lipinski definition) is 7. The minimum Gasteiger partial charge on any atom is -0.475 e. The average Bonchev–Trinajstić information content (AvgIpc) is 3.03. The van der Waals surface area contributed by atoms with Gasteiger partial charge in [-0.05, 0) is 30.3 Å². The quantitative estimate of drug-likeness (QED) is 0.198. The zero-order valence-electron chi connectivity index (χ0n) is 15.9. The number of hydrogen-bond donors (Lipinski definition) is 0. The Kier molecular flexibility index (Phi) is 5.15. The van der Waals surface area contributed by atoms with E-state index in [1.807, 2.05) is 0 Å². The van der Waals surface area contributed by atoms with Crippen molar-refractivity contribution in [1.29, 1.82) is 0 Å². The second-order valence-corrected chi connectivity index (χ2v) is 6.48. The first-order valence-corrected chi connectivity index (χ1v) is 9.10. The van der Waals surface area contributed by atoms with Gasteiger partial charge >= 0.3 is 11.7 Å². The normalized spacial score (nSPS) is 12.5. The van der Waals surface area contributed by atoms with E-state index in [-0.39, 0.29) is 22.9 Å². The molecule has 0 atom stereocenters. The lowest BCUT2D eigenvalue weighted by Gasteiger charge is -2.15. The predicted octanol–water partition coefficient (Wildman–Crippen LogP) is 3.38. The van der Waals surface area contributed by atoms with Gasteiger partial charge in [-0.1, -0.05) is 30.3 Å². The fraction of sp³-hybridized carbons (Fsp3) is 0.0455. The number of nitro groups is 1. The Morgan fingerprint density at radius 2 is 1.55 bits per heavy atom. The summed E-state index contributed by atoms with van der Waals surface area (Å²) in [5, 5.41) is 11.0. The summed E-state index contributed by atoms with van der Waals surface area (Å²) < 4.78 is 10.4. The van der Waals surface area contributed by atoms with E-state index in [2.05, 4.69) is 0 Å². The van der Waals surface area contributed by atoms with Crippen molar-refractivity contribution in [3.8, 4) is 11.5 Å². The molecule has 0 saturated heterocycles. The summed E-state index contributed by atoms with van der Waals surface area (Å²) in [5.41, 5.74) is 0.569. The highest BCUT2D eigenvalue weighted by Gasteiger charge is 2.36. The van der Waals surface area contributed by atoms with E-state index < -0.39 is 29.3 Å². The van der Waals surface area contributed by atoms with Gasteiger partial charge in [0, 0.05) is 12.1 Å². The zero-order valence-corrected chi connectivity index (χ0v) is 15.9. The molecule has 1 heterocycles. The summed E-state index contributed by atoms with van der Waals surface area (Å²) in [6.07, 6.45) is 0. The molecule has 0 radical (unpaired) electrons. The maximum Gasteiger partial charge on any atom is 0.349 e. The lowest BCUT2D eigenvalue weighted by atomic mass is 10.1. The van der Waals surface area contributed by atoms with Crippen LogP contribution in [-0.4, -0.2) is 29.3 Å². The maximum absolute atomic E-state index is 12.6. The highest BCUT2D eigenvalue weighted by molar-refractivity contribution is 6.34. The molecule has 0 aromatic heterocycles. The highest BCUT2D eigenvalue weighted by Crippen LogP contribution is 2.30. The second-order valence-electron chi connectivity index (χ2n) is 6.48. The van der Waals surface area contributed by atoms with E-state index >= 15 is 0 Å². The number of anilines is 1. The first-order valence-electron chi connectivity index (χ1n) is 9.10. The third kappa shape index (κ3) is 3.84. The number of carbonyl (C=O) groups excluding carboxylic acids is 3. The van der Waals surface area contributed by atoms with Gasteiger partial charge in [0.2, 0.25) is 0 Å². The topological polar surface area (TPSA) is 116 Å². The molecule has 0 fully saturated rings. The van der Waals surface area contributed by atoms with Gasteiger partial charge in [-0.2, -0.15) is 0 Å². The van der Waals surface area contributed by atoms with Crippen molar-refractivity contribution in [1.82, 2.24) is 0 Å². The average molecular weight is 418 g/mol. The smallest absolute Gasteiger partial charge is 0.349 e. The number of nitro benzene ring substituents is 1. The molecule has 1 aliphatic rings. The van der Waals surface area contributed by atoms with Crippen LogP contribution >= 0.6 is 0 Å². The predicted molar refractivity (Wildman–Crippen MR) is 108 cm³/mol. The number of para-hydroxylation sites is 2. The van der Waals surface area contributed by atoms with Crippen LogP contribution in [0.15, 0.2) is 72.8 Å². The van der Waals surface area contributed by atoms with E-state index in [1.54, 1.807) is 36.4 Å². The molecule has 0 N–H and O–H groups in total. The summed E-state index contributed by atoms with van der Waals surface area (Å²) in [4.78, 5) is 48.8. The highest BCUT2D eigenvalue weighted by atomic mass is 16.6. The fourth-order valence-electron chi connectivity index (χ4n) is 3.14. The number of fused-ring (bicyclic) bond motifs is 1.